The summed E-state index contributed by atoms with van der Waals surface area (Å²) in [5.41, 5.74) is 6.34. The van der Waals surface area contributed by atoms with Gasteiger partial charge in [-0.25, -0.2) is 4.79 Å². The second-order valence-electron chi connectivity index (χ2n) is 10.8. The van der Waals surface area contributed by atoms with E-state index in [0.717, 1.165) is 5.56 Å². The molecular formula is C25H33N3O8S. The Kier molecular flexibility index (Phi) is 7.35. The molecule has 1 aromatic carbocycles. The number of carbonyl (C=O) groups excluding carboxylic acids is 4. The van der Waals surface area contributed by atoms with Gasteiger partial charge in [-0.3, -0.25) is 14.4 Å². The zero-order chi connectivity index (χ0) is 27.1. The van der Waals surface area contributed by atoms with Gasteiger partial charge in [0.1, 0.15) is 17.5 Å². The third kappa shape index (κ3) is 5.49. The summed E-state index contributed by atoms with van der Waals surface area (Å²) in [5, 5.41) is 2.32. The van der Waals surface area contributed by atoms with Gasteiger partial charge < -0.3 is 34.9 Å². The van der Waals surface area contributed by atoms with Gasteiger partial charge >= 0.3 is 11.9 Å². The predicted molar refractivity (Wildman–Crippen MR) is 133 cm³/mol. The number of hydrogen-bond acceptors (Lipinski definition) is 10. The summed E-state index contributed by atoms with van der Waals surface area (Å²) in [6, 6.07) is 3.10. The van der Waals surface area contributed by atoms with Crippen molar-refractivity contribution in [2.75, 3.05) is 13.6 Å². The average Bonchev–Trinajstić information content (AvgIpc) is 3.39. The average molecular weight is 536 g/mol. The van der Waals surface area contributed by atoms with Crippen LogP contribution in [0, 0.1) is 5.41 Å². The van der Waals surface area contributed by atoms with Crippen LogP contribution in [0.5, 0.6) is 11.5 Å². The molecule has 37 heavy (non-hydrogen) atoms. The van der Waals surface area contributed by atoms with Crippen molar-refractivity contribution in [2.45, 2.75) is 75.7 Å². The molecule has 3 heterocycles. The zero-order valence-corrected chi connectivity index (χ0v) is 22.4. The van der Waals surface area contributed by atoms with Gasteiger partial charge in [0.25, 0.3) is 0 Å². The van der Waals surface area contributed by atoms with E-state index in [1.807, 2.05) is 32.0 Å². The van der Waals surface area contributed by atoms with Crippen LogP contribution in [0.25, 0.3) is 0 Å². The van der Waals surface area contributed by atoms with Crippen LogP contribution >= 0.6 is 11.8 Å². The molecule has 11 nitrogen and oxygen atoms in total. The first-order valence-electron chi connectivity index (χ1n) is 12.1. The molecule has 0 aliphatic carbocycles. The predicted octanol–water partition coefficient (Wildman–Crippen LogP) is 1.31. The number of amides is 2. The Morgan fingerprint density at radius 2 is 1.92 bits per heavy atom. The summed E-state index contributed by atoms with van der Waals surface area (Å²) in [7, 11) is 0. The van der Waals surface area contributed by atoms with Crippen molar-refractivity contribution in [1.29, 1.82) is 0 Å². The molecule has 2 saturated heterocycles. The number of β-lactam (4-membered cyclic amide) rings is 1. The highest BCUT2D eigenvalue weighted by Crippen LogP contribution is 2.51. The number of nitrogens with zero attached hydrogens (tertiary/aromatic N) is 1. The Balaban J connectivity index is 1.29. The highest BCUT2D eigenvalue weighted by Gasteiger charge is 2.64. The van der Waals surface area contributed by atoms with Gasteiger partial charge in [-0.1, -0.05) is 6.07 Å². The summed E-state index contributed by atoms with van der Waals surface area (Å²) in [6.07, 6.45) is 0.927. The van der Waals surface area contributed by atoms with Crippen molar-refractivity contribution < 1.29 is 38.1 Å². The lowest BCUT2D eigenvalue weighted by Gasteiger charge is -2.44. The van der Waals surface area contributed by atoms with Crippen LogP contribution in [0.3, 0.4) is 0 Å². The SMILES string of the molecule is CC(C)(C)C(=O)OCOC(=O)[C@@H]1N2C(=O)[C@@H](NC(=O)C(N)CCc3ccc4c(c3)OCO4)[C@H]2SC1(C)C. The van der Waals surface area contributed by atoms with E-state index in [9.17, 15) is 19.2 Å². The number of hydrogen-bond donors (Lipinski definition) is 2. The number of thioether (sulfide) groups is 1. The Morgan fingerprint density at radius 3 is 2.62 bits per heavy atom. The van der Waals surface area contributed by atoms with Crippen LogP contribution in [-0.2, 0) is 35.1 Å². The molecule has 12 heteroatoms. The van der Waals surface area contributed by atoms with E-state index in [4.69, 9.17) is 24.7 Å². The molecule has 3 N–H and O–H groups in total. The Labute approximate surface area is 219 Å². The largest absolute Gasteiger partial charge is 0.454 e. The Morgan fingerprint density at radius 1 is 1.22 bits per heavy atom. The Bertz CT molecular complexity index is 1100. The topological polar surface area (TPSA) is 146 Å². The molecule has 4 rings (SSSR count). The highest BCUT2D eigenvalue weighted by molar-refractivity contribution is 8.01. The van der Waals surface area contributed by atoms with E-state index in [0.29, 0.717) is 24.3 Å². The van der Waals surface area contributed by atoms with Crippen LogP contribution < -0.4 is 20.5 Å². The first kappa shape index (κ1) is 27.1. The second-order valence-corrected chi connectivity index (χ2v) is 12.6. The number of rotatable bonds is 8. The lowest BCUT2D eigenvalue weighted by molar-refractivity contribution is -0.180. The van der Waals surface area contributed by atoms with Crippen molar-refractivity contribution >= 4 is 35.5 Å². The van der Waals surface area contributed by atoms with E-state index < -0.39 is 58.3 Å². The molecule has 0 bridgehead atoms. The smallest absolute Gasteiger partial charge is 0.333 e. The maximum absolute atomic E-state index is 12.9. The fourth-order valence-electron chi connectivity index (χ4n) is 4.37. The molecule has 202 valence electrons. The van der Waals surface area contributed by atoms with Gasteiger partial charge in [-0.15, -0.1) is 11.8 Å². The van der Waals surface area contributed by atoms with Gasteiger partial charge in [0, 0.05) is 4.75 Å². The molecule has 0 aromatic heterocycles. The number of fused-ring (bicyclic) bond motifs is 2. The number of ether oxygens (including phenoxy) is 4. The number of benzene rings is 1. The number of nitrogens with one attached hydrogen (secondary N) is 1. The molecule has 0 saturated carbocycles. The standard InChI is InChI=1S/C25H33N3O8S/c1-24(2,3)23(32)36-12-35-22(31)18-25(4,5)37-21-17(20(30)28(18)21)27-19(29)14(26)8-6-13-7-9-15-16(10-13)34-11-33-15/h7,9-10,14,17-18,21H,6,8,11-12,26H2,1-5H3,(H,27,29)/t14?,17-,18+,21-/m1/s1. The number of esters is 2. The summed E-state index contributed by atoms with van der Waals surface area (Å²) in [4.78, 5) is 51.8. The quantitative estimate of drug-likeness (QED) is 0.284. The molecule has 3 aliphatic heterocycles. The second kappa shape index (κ2) is 10.1. The normalized spacial score (nSPS) is 24.1. The molecule has 2 fully saturated rings. The van der Waals surface area contributed by atoms with Crippen LogP contribution in [0.4, 0.5) is 0 Å². The molecule has 1 unspecified atom stereocenters. The molecule has 0 spiro atoms. The minimum atomic E-state index is -0.879. The summed E-state index contributed by atoms with van der Waals surface area (Å²) in [6.45, 7) is 8.38. The molecule has 2 amide bonds. The fourth-order valence-corrected chi connectivity index (χ4v) is 5.99. The van der Waals surface area contributed by atoms with E-state index in [1.165, 1.54) is 16.7 Å². The fraction of sp³-hybridized carbons (Fsp3) is 0.600. The first-order chi connectivity index (χ1) is 17.3. The van der Waals surface area contributed by atoms with Crippen LogP contribution in [0.15, 0.2) is 18.2 Å². The number of nitrogens with two attached hydrogens (primary N) is 1. The summed E-state index contributed by atoms with van der Waals surface area (Å²) in [5.74, 6) is -0.637. The van der Waals surface area contributed by atoms with Crippen LogP contribution in [0.1, 0.15) is 46.6 Å². The first-order valence-corrected chi connectivity index (χ1v) is 13.0. The van der Waals surface area contributed by atoms with Gasteiger partial charge in [-0.05, 0) is 65.2 Å². The number of carbonyl (C=O) groups is 4. The van der Waals surface area contributed by atoms with Crippen LogP contribution in [-0.4, -0.2) is 70.5 Å². The van der Waals surface area contributed by atoms with Gasteiger partial charge in [0.2, 0.25) is 25.4 Å². The summed E-state index contributed by atoms with van der Waals surface area (Å²) < 4.78 is 20.2. The van der Waals surface area contributed by atoms with E-state index >= 15 is 0 Å². The maximum atomic E-state index is 12.9. The minimum absolute atomic E-state index is 0.187. The van der Waals surface area contributed by atoms with Crippen LogP contribution in [0.2, 0.25) is 0 Å². The lowest BCUT2D eigenvalue weighted by atomic mass is 9.95. The molecule has 0 radical (unpaired) electrons. The van der Waals surface area contributed by atoms with Crippen molar-refractivity contribution in [2.24, 2.45) is 11.1 Å². The molecule has 3 aliphatic rings. The van der Waals surface area contributed by atoms with E-state index in [-0.39, 0.29) is 12.7 Å². The van der Waals surface area contributed by atoms with E-state index in [1.54, 1.807) is 20.8 Å². The zero-order valence-electron chi connectivity index (χ0n) is 21.6. The van der Waals surface area contributed by atoms with Gasteiger partial charge in [0.15, 0.2) is 11.5 Å². The van der Waals surface area contributed by atoms with Crippen molar-refractivity contribution in [1.82, 2.24) is 10.2 Å². The monoisotopic (exact) mass is 535 g/mol. The van der Waals surface area contributed by atoms with Crippen molar-refractivity contribution in [3.63, 3.8) is 0 Å². The lowest BCUT2D eigenvalue weighted by Crippen LogP contribution is -2.71. The minimum Gasteiger partial charge on any atom is -0.454 e. The van der Waals surface area contributed by atoms with Gasteiger partial charge in [0.05, 0.1) is 11.5 Å². The third-order valence-electron chi connectivity index (χ3n) is 6.48. The van der Waals surface area contributed by atoms with Crippen molar-refractivity contribution in [3.05, 3.63) is 23.8 Å². The molecule has 1 aromatic rings. The number of aryl methyl sites for hydroxylation is 1. The van der Waals surface area contributed by atoms with Gasteiger partial charge in [-0.2, -0.15) is 0 Å². The molecule has 4 atom stereocenters. The highest BCUT2D eigenvalue weighted by atomic mass is 32.2. The Hall–Kier alpha value is -2.99. The molecular weight excluding hydrogens is 502 g/mol. The maximum Gasteiger partial charge on any atom is 0.333 e. The third-order valence-corrected chi connectivity index (χ3v) is 8.05. The van der Waals surface area contributed by atoms with E-state index in [2.05, 4.69) is 5.32 Å². The summed E-state index contributed by atoms with van der Waals surface area (Å²) >= 11 is 1.40. The van der Waals surface area contributed by atoms with Crippen molar-refractivity contribution in [3.8, 4) is 11.5 Å².